The Labute approximate surface area is 117 Å². The van der Waals surface area contributed by atoms with E-state index in [4.69, 9.17) is 0 Å². The lowest BCUT2D eigenvalue weighted by Gasteiger charge is -2.23. The van der Waals surface area contributed by atoms with Crippen molar-refractivity contribution in [3.63, 3.8) is 0 Å². The van der Waals surface area contributed by atoms with Crippen LogP contribution in [0.15, 0.2) is 0 Å². The van der Waals surface area contributed by atoms with Crippen molar-refractivity contribution in [1.29, 1.82) is 0 Å². The van der Waals surface area contributed by atoms with Gasteiger partial charge < -0.3 is 4.74 Å². The molecule has 0 radical (unpaired) electrons. The molecular formula is C13H12F5NO2. The summed E-state index contributed by atoms with van der Waals surface area (Å²) in [4.78, 5) is 12.9. The molecule has 1 fully saturated rings. The van der Waals surface area contributed by atoms with Crippen LogP contribution in [0.4, 0.5) is 22.0 Å². The summed E-state index contributed by atoms with van der Waals surface area (Å²) in [7, 11) is 1.16. The van der Waals surface area contributed by atoms with Crippen LogP contribution in [0.25, 0.3) is 0 Å². The van der Waals surface area contributed by atoms with E-state index in [1.807, 2.05) is 0 Å². The summed E-state index contributed by atoms with van der Waals surface area (Å²) in [5, 5.41) is 0. The molecule has 21 heavy (non-hydrogen) atoms. The number of halogens is 5. The predicted octanol–water partition coefficient (Wildman–Crippen LogP) is 2.52. The van der Waals surface area contributed by atoms with Crippen LogP contribution >= 0.6 is 0 Å². The quantitative estimate of drug-likeness (QED) is 0.372. The summed E-state index contributed by atoms with van der Waals surface area (Å²) in [6, 6.07) is -0.745. The Morgan fingerprint density at radius 2 is 1.62 bits per heavy atom. The zero-order valence-corrected chi connectivity index (χ0v) is 11.1. The Kier molecular flexibility index (Phi) is 4.46. The van der Waals surface area contributed by atoms with Crippen LogP contribution in [-0.2, 0) is 16.1 Å². The highest BCUT2D eigenvalue weighted by Gasteiger charge is 2.34. The number of carbonyl (C=O) groups excluding carboxylic acids is 1. The third-order valence-corrected chi connectivity index (χ3v) is 3.50. The van der Waals surface area contributed by atoms with Gasteiger partial charge in [0.2, 0.25) is 5.82 Å². The molecule has 0 N–H and O–H groups in total. The van der Waals surface area contributed by atoms with Crippen LogP contribution in [0.2, 0.25) is 0 Å². The third-order valence-electron chi connectivity index (χ3n) is 3.50. The zero-order chi connectivity index (χ0) is 15.7. The minimum absolute atomic E-state index is 0.305. The summed E-state index contributed by atoms with van der Waals surface area (Å²) >= 11 is 0. The average molecular weight is 309 g/mol. The lowest BCUT2D eigenvalue weighted by Crippen LogP contribution is -2.37. The van der Waals surface area contributed by atoms with Gasteiger partial charge in [0.1, 0.15) is 6.04 Å². The Morgan fingerprint density at radius 3 is 2.14 bits per heavy atom. The maximum absolute atomic E-state index is 13.6. The molecule has 2 rings (SSSR count). The molecule has 0 aromatic heterocycles. The summed E-state index contributed by atoms with van der Waals surface area (Å²) < 4.78 is 71.0. The molecule has 0 bridgehead atoms. The molecule has 0 saturated carbocycles. The minimum atomic E-state index is -2.19. The molecule has 0 amide bonds. The Morgan fingerprint density at radius 1 is 1.10 bits per heavy atom. The van der Waals surface area contributed by atoms with Crippen LogP contribution in [0.3, 0.4) is 0 Å². The Bertz CT molecular complexity index is 549. The summed E-state index contributed by atoms with van der Waals surface area (Å²) in [5.41, 5.74) is -0.942. The highest BCUT2D eigenvalue weighted by Crippen LogP contribution is 2.27. The van der Waals surface area contributed by atoms with E-state index in [1.54, 1.807) is 0 Å². The fourth-order valence-electron chi connectivity index (χ4n) is 2.41. The summed E-state index contributed by atoms with van der Waals surface area (Å²) in [6.07, 6.45) is 0.969. The monoisotopic (exact) mass is 309 g/mol. The van der Waals surface area contributed by atoms with Gasteiger partial charge in [-0.1, -0.05) is 0 Å². The zero-order valence-electron chi connectivity index (χ0n) is 11.1. The van der Waals surface area contributed by atoms with Crippen molar-refractivity contribution in [2.75, 3.05) is 13.7 Å². The van der Waals surface area contributed by atoms with Crippen molar-refractivity contribution in [3.8, 4) is 0 Å². The number of benzene rings is 1. The van der Waals surface area contributed by atoms with Gasteiger partial charge in [-0.25, -0.2) is 22.0 Å². The van der Waals surface area contributed by atoms with Crippen molar-refractivity contribution < 1.29 is 31.5 Å². The second-order valence-electron chi connectivity index (χ2n) is 4.70. The highest BCUT2D eigenvalue weighted by molar-refractivity contribution is 5.75. The number of methoxy groups -OCH3 is 1. The Balaban J connectivity index is 2.34. The van der Waals surface area contributed by atoms with Gasteiger partial charge in [0.15, 0.2) is 23.3 Å². The van der Waals surface area contributed by atoms with Crippen molar-refractivity contribution in [2.45, 2.75) is 25.4 Å². The summed E-state index contributed by atoms with van der Waals surface area (Å²) in [5.74, 6) is -10.5. The standard InChI is InChI=1S/C13H12F5NO2/c1-21-13(20)7-3-2-4-19(7)5-6-8(14)10(16)12(18)11(17)9(6)15/h7H,2-5H2,1H3. The fraction of sp³-hybridized carbons (Fsp3) is 0.462. The Hall–Kier alpha value is -1.70. The lowest BCUT2D eigenvalue weighted by molar-refractivity contribution is -0.146. The molecule has 1 aromatic rings. The summed E-state index contributed by atoms with van der Waals surface area (Å²) in [6.45, 7) is -0.245. The fourth-order valence-corrected chi connectivity index (χ4v) is 2.41. The maximum Gasteiger partial charge on any atom is 0.323 e. The minimum Gasteiger partial charge on any atom is -0.468 e. The SMILES string of the molecule is COC(=O)C1CCCN1Cc1c(F)c(F)c(F)c(F)c1F. The van der Waals surface area contributed by atoms with Crippen molar-refractivity contribution in [1.82, 2.24) is 4.90 Å². The van der Waals surface area contributed by atoms with Gasteiger partial charge in [-0.2, -0.15) is 0 Å². The molecule has 1 heterocycles. The largest absolute Gasteiger partial charge is 0.468 e. The van der Waals surface area contributed by atoms with Crippen LogP contribution in [0.5, 0.6) is 0 Å². The third kappa shape index (κ3) is 2.72. The van der Waals surface area contributed by atoms with E-state index in [0.29, 0.717) is 19.4 Å². The smallest absolute Gasteiger partial charge is 0.323 e. The number of hydrogen-bond acceptors (Lipinski definition) is 3. The molecule has 1 atom stereocenters. The predicted molar refractivity (Wildman–Crippen MR) is 61.7 cm³/mol. The molecule has 1 unspecified atom stereocenters. The lowest BCUT2D eigenvalue weighted by atomic mass is 10.1. The number of esters is 1. The van der Waals surface area contributed by atoms with E-state index < -0.39 is 53.2 Å². The number of carbonyl (C=O) groups is 1. The van der Waals surface area contributed by atoms with Gasteiger partial charge in [0.25, 0.3) is 0 Å². The first-order valence-electron chi connectivity index (χ1n) is 6.20. The first-order valence-corrected chi connectivity index (χ1v) is 6.20. The van der Waals surface area contributed by atoms with Crippen molar-refractivity contribution >= 4 is 5.97 Å². The number of likely N-dealkylation sites (tertiary alicyclic amines) is 1. The molecule has 1 aromatic carbocycles. The van der Waals surface area contributed by atoms with Gasteiger partial charge in [-0.3, -0.25) is 9.69 Å². The van der Waals surface area contributed by atoms with E-state index in [9.17, 15) is 26.7 Å². The van der Waals surface area contributed by atoms with Crippen molar-refractivity contribution in [3.05, 3.63) is 34.6 Å². The molecule has 1 aliphatic heterocycles. The van der Waals surface area contributed by atoms with Gasteiger partial charge in [-0.05, 0) is 19.4 Å². The average Bonchev–Trinajstić information content (AvgIpc) is 2.95. The van der Waals surface area contributed by atoms with Crippen LogP contribution in [0.1, 0.15) is 18.4 Å². The number of rotatable bonds is 3. The van der Waals surface area contributed by atoms with E-state index in [-0.39, 0.29) is 0 Å². The molecule has 0 aliphatic carbocycles. The molecule has 0 spiro atoms. The van der Waals surface area contributed by atoms with Crippen LogP contribution in [-0.4, -0.2) is 30.6 Å². The first kappa shape index (κ1) is 15.7. The topological polar surface area (TPSA) is 29.5 Å². The van der Waals surface area contributed by atoms with E-state index in [1.165, 1.54) is 4.90 Å². The van der Waals surface area contributed by atoms with Crippen LogP contribution < -0.4 is 0 Å². The van der Waals surface area contributed by atoms with Gasteiger partial charge in [0.05, 0.1) is 7.11 Å². The molecule has 8 heteroatoms. The number of nitrogens with zero attached hydrogens (tertiary/aromatic N) is 1. The second-order valence-corrected chi connectivity index (χ2v) is 4.70. The second kappa shape index (κ2) is 5.97. The van der Waals surface area contributed by atoms with E-state index in [2.05, 4.69) is 4.74 Å². The molecular weight excluding hydrogens is 297 g/mol. The maximum atomic E-state index is 13.6. The van der Waals surface area contributed by atoms with Gasteiger partial charge in [-0.15, -0.1) is 0 Å². The van der Waals surface area contributed by atoms with E-state index >= 15 is 0 Å². The molecule has 3 nitrogen and oxygen atoms in total. The molecule has 1 aliphatic rings. The van der Waals surface area contributed by atoms with E-state index in [0.717, 1.165) is 7.11 Å². The first-order chi connectivity index (χ1) is 9.88. The molecule has 1 saturated heterocycles. The number of ether oxygens (including phenoxy) is 1. The highest BCUT2D eigenvalue weighted by atomic mass is 19.2. The van der Waals surface area contributed by atoms with Gasteiger partial charge >= 0.3 is 5.97 Å². The normalized spacial score (nSPS) is 19.0. The molecule has 116 valence electrons. The van der Waals surface area contributed by atoms with Gasteiger partial charge in [0, 0.05) is 12.1 Å². The van der Waals surface area contributed by atoms with Crippen molar-refractivity contribution in [2.24, 2.45) is 0 Å². The number of hydrogen-bond donors (Lipinski definition) is 0. The van der Waals surface area contributed by atoms with Crippen LogP contribution in [0, 0.1) is 29.1 Å².